The summed E-state index contributed by atoms with van der Waals surface area (Å²) in [4.78, 5) is 28.0. The number of carbonyl (C=O) groups is 2. The lowest BCUT2D eigenvalue weighted by Crippen LogP contribution is -2.53. The van der Waals surface area contributed by atoms with Crippen LogP contribution >= 0.6 is 0 Å². The topological polar surface area (TPSA) is 73.4 Å². The summed E-state index contributed by atoms with van der Waals surface area (Å²) >= 11 is 0. The number of hydrogen-bond donors (Lipinski definition) is 2. The molecule has 1 atom stereocenters. The third-order valence-electron chi connectivity index (χ3n) is 4.09. The van der Waals surface area contributed by atoms with Crippen LogP contribution in [0.15, 0.2) is 30.5 Å². The van der Waals surface area contributed by atoms with E-state index in [2.05, 4.69) is 4.98 Å². The van der Waals surface area contributed by atoms with E-state index in [-0.39, 0.29) is 11.8 Å². The van der Waals surface area contributed by atoms with Crippen molar-refractivity contribution < 1.29 is 14.7 Å². The highest BCUT2D eigenvalue weighted by molar-refractivity contribution is 5.98. The Bertz CT molecular complexity index is 671. The lowest BCUT2D eigenvalue weighted by atomic mass is 9.86. The average Bonchev–Trinajstić information content (AvgIpc) is 2.83. The van der Waals surface area contributed by atoms with Crippen molar-refractivity contribution in [1.82, 2.24) is 9.88 Å². The molecule has 1 aromatic carbocycles. The van der Waals surface area contributed by atoms with Crippen LogP contribution in [0, 0.1) is 11.8 Å². The van der Waals surface area contributed by atoms with Gasteiger partial charge in [-0.25, -0.2) is 0 Å². The number of amides is 1. The average molecular weight is 272 g/mol. The zero-order valence-corrected chi connectivity index (χ0v) is 11.2. The third-order valence-corrected chi connectivity index (χ3v) is 4.09. The van der Waals surface area contributed by atoms with E-state index in [4.69, 9.17) is 5.11 Å². The predicted octanol–water partition coefficient (Wildman–Crippen LogP) is 1.96. The summed E-state index contributed by atoms with van der Waals surface area (Å²) in [5.41, 5.74) is 1.65. The molecule has 1 aliphatic rings. The summed E-state index contributed by atoms with van der Waals surface area (Å²) in [7, 11) is 0. The number of rotatable bonds is 3. The quantitative estimate of drug-likeness (QED) is 0.897. The number of carboxylic acids is 1. The first-order valence-corrected chi connectivity index (χ1v) is 6.65. The van der Waals surface area contributed by atoms with Gasteiger partial charge in [-0.15, -0.1) is 0 Å². The second-order valence-electron chi connectivity index (χ2n) is 5.38. The number of carbonyl (C=O) groups excluding carboxylic acids is 1. The van der Waals surface area contributed by atoms with Gasteiger partial charge in [-0.05, 0) is 24.3 Å². The van der Waals surface area contributed by atoms with Gasteiger partial charge in [0.1, 0.15) is 0 Å². The molecule has 0 aliphatic carbocycles. The molecule has 0 radical (unpaired) electrons. The first-order valence-electron chi connectivity index (χ1n) is 6.65. The molecule has 3 rings (SSSR count). The molecule has 0 bridgehead atoms. The van der Waals surface area contributed by atoms with Crippen LogP contribution in [0.4, 0.5) is 0 Å². The zero-order valence-electron chi connectivity index (χ0n) is 11.2. The molecule has 1 aliphatic heterocycles. The minimum Gasteiger partial charge on any atom is -0.481 e. The Morgan fingerprint density at radius 3 is 2.80 bits per heavy atom. The van der Waals surface area contributed by atoms with Gasteiger partial charge in [0.15, 0.2) is 0 Å². The summed E-state index contributed by atoms with van der Waals surface area (Å²) in [5, 5.41) is 9.95. The summed E-state index contributed by atoms with van der Waals surface area (Å²) in [6.07, 6.45) is 1.84. The second kappa shape index (κ2) is 4.67. The number of nitrogens with zero attached hydrogens (tertiary/aromatic N) is 1. The molecule has 1 fully saturated rings. The molecule has 5 nitrogen and oxygen atoms in total. The van der Waals surface area contributed by atoms with E-state index < -0.39 is 11.9 Å². The molecule has 1 saturated heterocycles. The molecule has 0 saturated carbocycles. The molecular formula is C15H16N2O3. The Morgan fingerprint density at radius 2 is 2.10 bits per heavy atom. The Kier molecular flexibility index (Phi) is 2.97. The highest BCUT2D eigenvalue weighted by Crippen LogP contribution is 2.26. The minimum atomic E-state index is -0.796. The SMILES string of the molecule is CC(C(=O)O)C1CN(C(=O)c2ccc3[nH]ccc3c2)C1. The smallest absolute Gasteiger partial charge is 0.306 e. The van der Waals surface area contributed by atoms with Crippen LogP contribution in [0.1, 0.15) is 17.3 Å². The molecule has 5 heteroatoms. The van der Waals surface area contributed by atoms with Crippen molar-refractivity contribution in [3.05, 3.63) is 36.0 Å². The first-order chi connectivity index (χ1) is 9.56. The Balaban J connectivity index is 1.70. The van der Waals surface area contributed by atoms with Gasteiger partial charge in [-0.3, -0.25) is 9.59 Å². The standard InChI is InChI=1S/C15H16N2O3/c1-9(15(19)20)12-7-17(8-12)14(18)11-2-3-13-10(6-11)4-5-16-13/h2-6,9,12,16H,7-8H2,1H3,(H,19,20). The maximum atomic E-state index is 12.3. The van der Waals surface area contributed by atoms with Crippen molar-refractivity contribution in [3.8, 4) is 0 Å². The molecule has 2 N–H and O–H groups in total. The van der Waals surface area contributed by atoms with Crippen molar-refractivity contribution in [2.24, 2.45) is 11.8 Å². The molecule has 20 heavy (non-hydrogen) atoms. The van der Waals surface area contributed by atoms with Gasteiger partial charge < -0.3 is 15.0 Å². The van der Waals surface area contributed by atoms with Gasteiger partial charge in [0.05, 0.1) is 5.92 Å². The fourth-order valence-electron chi connectivity index (χ4n) is 2.57. The van der Waals surface area contributed by atoms with Gasteiger partial charge in [0.2, 0.25) is 0 Å². The summed E-state index contributed by atoms with van der Waals surface area (Å²) in [5.74, 6) is -1.16. The zero-order chi connectivity index (χ0) is 14.3. The fourth-order valence-corrected chi connectivity index (χ4v) is 2.57. The number of aromatic nitrogens is 1. The third kappa shape index (κ3) is 2.05. The van der Waals surface area contributed by atoms with Crippen LogP contribution < -0.4 is 0 Å². The molecule has 1 amide bonds. The maximum Gasteiger partial charge on any atom is 0.306 e. The Labute approximate surface area is 116 Å². The highest BCUT2D eigenvalue weighted by atomic mass is 16.4. The van der Waals surface area contributed by atoms with Crippen molar-refractivity contribution in [3.63, 3.8) is 0 Å². The Hall–Kier alpha value is -2.30. The summed E-state index contributed by atoms with van der Waals surface area (Å²) < 4.78 is 0. The minimum absolute atomic E-state index is 0.0260. The number of hydrogen-bond acceptors (Lipinski definition) is 2. The fraction of sp³-hybridized carbons (Fsp3) is 0.333. The number of likely N-dealkylation sites (tertiary alicyclic amines) is 1. The van der Waals surface area contributed by atoms with Crippen LogP contribution in [-0.4, -0.2) is 40.0 Å². The predicted molar refractivity (Wildman–Crippen MR) is 74.5 cm³/mol. The number of H-pyrrole nitrogens is 1. The van der Waals surface area contributed by atoms with E-state index in [9.17, 15) is 9.59 Å². The normalized spacial score (nSPS) is 16.9. The van der Waals surface area contributed by atoms with Crippen LogP contribution in [0.5, 0.6) is 0 Å². The van der Waals surface area contributed by atoms with E-state index in [0.29, 0.717) is 18.7 Å². The molecule has 1 unspecified atom stereocenters. The lowest BCUT2D eigenvalue weighted by molar-refractivity contribution is -0.144. The second-order valence-corrected chi connectivity index (χ2v) is 5.38. The first kappa shape index (κ1) is 12.7. The van der Waals surface area contributed by atoms with Crippen molar-refractivity contribution in [1.29, 1.82) is 0 Å². The van der Waals surface area contributed by atoms with Crippen molar-refractivity contribution in [2.45, 2.75) is 6.92 Å². The maximum absolute atomic E-state index is 12.3. The van der Waals surface area contributed by atoms with Gasteiger partial charge in [-0.1, -0.05) is 6.92 Å². The van der Waals surface area contributed by atoms with Crippen LogP contribution in [-0.2, 0) is 4.79 Å². The number of nitrogens with one attached hydrogen (secondary N) is 1. The summed E-state index contributed by atoms with van der Waals surface area (Å²) in [6, 6.07) is 7.48. The largest absolute Gasteiger partial charge is 0.481 e. The lowest BCUT2D eigenvalue weighted by Gasteiger charge is -2.41. The molecule has 0 spiro atoms. The monoisotopic (exact) mass is 272 g/mol. The van der Waals surface area contributed by atoms with E-state index >= 15 is 0 Å². The number of carboxylic acid groups (broad SMARTS) is 1. The Morgan fingerprint density at radius 1 is 1.35 bits per heavy atom. The number of aliphatic carboxylic acids is 1. The summed E-state index contributed by atoms with van der Waals surface area (Å²) in [6.45, 7) is 2.75. The number of benzene rings is 1. The highest BCUT2D eigenvalue weighted by Gasteiger charge is 2.37. The molecule has 2 aromatic rings. The van der Waals surface area contributed by atoms with Crippen LogP contribution in [0.2, 0.25) is 0 Å². The van der Waals surface area contributed by atoms with E-state index in [0.717, 1.165) is 10.9 Å². The molecular weight excluding hydrogens is 256 g/mol. The van der Waals surface area contributed by atoms with Gasteiger partial charge in [0, 0.05) is 41.7 Å². The number of aromatic amines is 1. The van der Waals surface area contributed by atoms with Crippen molar-refractivity contribution >= 4 is 22.8 Å². The molecule has 2 heterocycles. The van der Waals surface area contributed by atoms with E-state index in [1.807, 2.05) is 24.4 Å². The molecule has 104 valence electrons. The van der Waals surface area contributed by atoms with E-state index in [1.54, 1.807) is 17.9 Å². The van der Waals surface area contributed by atoms with Crippen molar-refractivity contribution in [2.75, 3.05) is 13.1 Å². The van der Waals surface area contributed by atoms with Gasteiger partial charge >= 0.3 is 5.97 Å². The number of fused-ring (bicyclic) bond motifs is 1. The van der Waals surface area contributed by atoms with Gasteiger partial charge in [-0.2, -0.15) is 0 Å². The van der Waals surface area contributed by atoms with Gasteiger partial charge in [0.25, 0.3) is 5.91 Å². The van der Waals surface area contributed by atoms with Crippen LogP contribution in [0.25, 0.3) is 10.9 Å². The van der Waals surface area contributed by atoms with E-state index in [1.165, 1.54) is 0 Å². The van der Waals surface area contributed by atoms with Crippen LogP contribution in [0.3, 0.4) is 0 Å². The molecule has 1 aromatic heterocycles.